The molecule has 0 spiro atoms. The highest BCUT2D eigenvalue weighted by Gasteiger charge is 2.14. The Balaban J connectivity index is 1.97. The SMILES string of the molecule is CCC(=O)Nc1ccc(C)c(NCC2CCCC2)c1. The van der Waals surface area contributed by atoms with Crippen LogP contribution in [0.5, 0.6) is 0 Å². The predicted molar refractivity (Wildman–Crippen MR) is 80.5 cm³/mol. The molecular weight excluding hydrogens is 236 g/mol. The summed E-state index contributed by atoms with van der Waals surface area (Å²) in [6, 6.07) is 6.06. The first kappa shape index (κ1) is 13.9. The molecule has 1 aliphatic carbocycles. The molecule has 2 N–H and O–H groups in total. The quantitative estimate of drug-likeness (QED) is 0.841. The molecule has 19 heavy (non-hydrogen) atoms. The van der Waals surface area contributed by atoms with Gasteiger partial charge in [0.1, 0.15) is 0 Å². The first-order chi connectivity index (χ1) is 9.19. The van der Waals surface area contributed by atoms with Crippen LogP contribution in [0.2, 0.25) is 0 Å². The molecule has 0 atom stereocenters. The molecule has 0 unspecified atom stereocenters. The van der Waals surface area contributed by atoms with Crippen LogP contribution in [0.1, 0.15) is 44.6 Å². The van der Waals surface area contributed by atoms with E-state index in [9.17, 15) is 4.79 Å². The van der Waals surface area contributed by atoms with Crippen molar-refractivity contribution < 1.29 is 4.79 Å². The molecule has 1 aromatic rings. The van der Waals surface area contributed by atoms with Gasteiger partial charge in [-0.25, -0.2) is 0 Å². The molecule has 0 radical (unpaired) electrons. The van der Waals surface area contributed by atoms with Crippen molar-refractivity contribution in [1.29, 1.82) is 0 Å². The number of hydrogen-bond acceptors (Lipinski definition) is 2. The molecule has 1 aromatic carbocycles. The average Bonchev–Trinajstić information content (AvgIpc) is 2.92. The van der Waals surface area contributed by atoms with Gasteiger partial charge in [-0.3, -0.25) is 4.79 Å². The fraction of sp³-hybridized carbons (Fsp3) is 0.562. The maximum Gasteiger partial charge on any atom is 0.224 e. The van der Waals surface area contributed by atoms with Gasteiger partial charge in [-0.1, -0.05) is 25.8 Å². The molecule has 1 fully saturated rings. The molecular formula is C16H24N2O. The second kappa shape index (κ2) is 6.60. The zero-order chi connectivity index (χ0) is 13.7. The minimum absolute atomic E-state index is 0.0607. The number of amides is 1. The minimum atomic E-state index is 0.0607. The Morgan fingerprint density at radius 1 is 1.32 bits per heavy atom. The Bertz CT molecular complexity index is 436. The van der Waals surface area contributed by atoms with E-state index in [0.717, 1.165) is 23.8 Å². The van der Waals surface area contributed by atoms with Crippen molar-refractivity contribution in [3.63, 3.8) is 0 Å². The first-order valence-corrected chi connectivity index (χ1v) is 7.33. The standard InChI is InChI=1S/C16H24N2O/c1-3-16(19)18-14-9-8-12(2)15(10-14)17-11-13-6-4-5-7-13/h8-10,13,17H,3-7,11H2,1-2H3,(H,18,19). The van der Waals surface area contributed by atoms with Gasteiger partial charge in [-0.15, -0.1) is 0 Å². The van der Waals surface area contributed by atoms with Crippen molar-refractivity contribution in [3.8, 4) is 0 Å². The molecule has 3 heteroatoms. The lowest BCUT2D eigenvalue weighted by Gasteiger charge is -2.15. The van der Waals surface area contributed by atoms with Crippen molar-refractivity contribution in [2.24, 2.45) is 5.92 Å². The number of nitrogens with one attached hydrogen (secondary N) is 2. The third-order valence-electron chi connectivity index (χ3n) is 3.90. The second-order valence-electron chi connectivity index (χ2n) is 5.46. The number of carbonyl (C=O) groups is 1. The van der Waals surface area contributed by atoms with Gasteiger partial charge in [0, 0.05) is 24.3 Å². The molecule has 1 saturated carbocycles. The summed E-state index contributed by atoms with van der Waals surface area (Å²) in [5, 5.41) is 6.44. The summed E-state index contributed by atoms with van der Waals surface area (Å²) in [5.41, 5.74) is 3.25. The number of benzene rings is 1. The van der Waals surface area contributed by atoms with E-state index in [4.69, 9.17) is 0 Å². The summed E-state index contributed by atoms with van der Waals surface area (Å²) in [5.74, 6) is 0.874. The lowest BCUT2D eigenvalue weighted by Crippen LogP contribution is -2.13. The number of rotatable bonds is 5. The van der Waals surface area contributed by atoms with Crippen molar-refractivity contribution in [3.05, 3.63) is 23.8 Å². The monoisotopic (exact) mass is 260 g/mol. The van der Waals surface area contributed by atoms with Crippen molar-refractivity contribution in [1.82, 2.24) is 0 Å². The molecule has 1 aliphatic rings. The van der Waals surface area contributed by atoms with E-state index in [1.807, 2.05) is 19.1 Å². The fourth-order valence-corrected chi connectivity index (χ4v) is 2.61. The first-order valence-electron chi connectivity index (χ1n) is 7.33. The topological polar surface area (TPSA) is 41.1 Å². The van der Waals surface area contributed by atoms with Crippen LogP contribution in [0.4, 0.5) is 11.4 Å². The number of anilines is 2. The maximum absolute atomic E-state index is 11.4. The molecule has 2 rings (SSSR count). The van der Waals surface area contributed by atoms with Crippen molar-refractivity contribution in [2.75, 3.05) is 17.2 Å². The summed E-state index contributed by atoms with van der Waals surface area (Å²) in [6.45, 7) is 5.01. The number of carbonyl (C=O) groups excluding carboxylic acids is 1. The van der Waals surface area contributed by atoms with E-state index in [1.165, 1.54) is 31.2 Å². The van der Waals surface area contributed by atoms with E-state index < -0.39 is 0 Å². The van der Waals surface area contributed by atoms with Crippen molar-refractivity contribution in [2.45, 2.75) is 46.0 Å². The zero-order valence-corrected chi connectivity index (χ0v) is 12.0. The summed E-state index contributed by atoms with van der Waals surface area (Å²) in [4.78, 5) is 11.4. The van der Waals surface area contributed by atoms with Gasteiger partial charge >= 0.3 is 0 Å². The van der Waals surface area contributed by atoms with Crippen LogP contribution < -0.4 is 10.6 Å². The third kappa shape index (κ3) is 3.98. The molecule has 0 aliphatic heterocycles. The molecule has 1 amide bonds. The molecule has 0 bridgehead atoms. The van der Waals surface area contributed by atoms with Crippen molar-refractivity contribution >= 4 is 17.3 Å². The van der Waals surface area contributed by atoms with Crippen LogP contribution in [-0.4, -0.2) is 12.5 Å². The Morgan fingerprint density at radius 2 is 2.05 bits per heavy atom. The van der Waals surface area contributed by atoms with Gasteiger partial charge < -0.3 is 10.6 Å². The van der Waals surface area contributed by atoms with Crippen LogP contribution in [0.25, 0.3) is 0 Å². The smallest absolute Gasteiger partial charge is 0.224 e. The zero-order valence-electron chi connectivity index (χ0n) is 12.0. The van der Waals surface area contributed by atoms with E-state index in [0.29, 0.717) is 6.42 Å². The summed E-state index contributed by atoms with van der Waals surface area (Å²) < 4.78 is 0. The number of hydrogen-bond donors (Lipinski definition) is 2. The van der Waals surface area contributed by atoms with Gasteiger partial charge in [0.25, 0.3) is 0 Å². The Kier molecular flexibility index (Phi) is 4.83. The van der Waals surface area contributed by atoms with Gasteiger partial charge in [-0.05, 0) is 43.4 Å². The Labute approximate surface area is 115 Å². The highest BCUT2D eigenvalue weighted by atomic mass is 16.1. The average molecular weight is 260 g/mol. The van der Waals surface area contributed by atoms with Gasteiger partial charge in [-0.2, -0.15) is 0 Å². The van der Waals surface area contributed by atoms with Gasteiger partial charge in [0.05, 0.1) is 0 Å². The minimum Gasteiger partial charge on any atom is -0.384 e. The fourth-order valence-electron chi connectivity index (χ4n) is 2.61. The molecule has 0 saturated heterocycles. The highest BCUT2D eigenvalue weighted by Crippen LogP contribution is 2.26. The predicted octanol–water partition coefficient (Wildman–Crippen LogP) is 3.95. The van der Waals surface area contributed by atoms with Crippen LogP contribution in [0.3, 0.4) is 0 Å². The maximum atomic E-state index is 11.4. The third-order valence-corrected chi connectivity index (χ3v) is 3.90. The molecule has 3 nitrogen and oxygen atoms in total. The van der Waals surface area contributed by atoms with Crippen LogP contribution >= 0.6 is 0 Å². The number of aryl methyl sites for hydroxylation is 1. The molecule has 104 valence electrons. The Morgan fingerprint density at radius 3 is 2.74 bits per heavy atom. The molecule has 0 heterocycles. The normalized spacial score (nSPS) is 15.5. The highest BCUT2D eigenvalue weighted by molar-refractivity contribution is 5.91. The largest absolute Gasteiger partial charge is 0.384 e. The Hall–Kier alpha value is -1.51. The van der Waals surface area contributed by atoms with E-state index in [-0.39, 0.29) is 5.91 Å². The lowest BCUT2D eigenvalue weighted by atomic mass is 10.1. The van der Waals surface area contributed by atoms with Gasteiger partial charge in [0.2, 0.25) is 5.91 Å². The molecule has 0 aromatic heterocycles. The van der Waals surface area contributed by atoms with Crippen LogP contribution in [0.15, 0.2) is 18.2 Å². The van der Waals surface area contributed by atoms with E-state index in [1.54, 1.807) is 0 Å². The van der Waals surface area contributed by atoms with Crippen LogP contribution in [0, 0.1) is 12.8 Å². The summed E-state index contributed by atoms with van der Waals surface area (Å²) in [7, 11) is 0. The van der Waals surface area contributed by atoms with Crippen LogP contribution in [-0.2, 0) is 4.79 Å². The van der Waals surface area contributed by atoms with E-state index in [2.05, 4.69) is 23.6 Å². The summed E-state index contributed by atoms with van der Waals surface area (Å²) in [6.07, 6.45) is 5.95. The lowest BCUT2D eigenvalue weighted by molar-refractivity contribution is -0.115. The second-order valence-corrected chi connectivity index (χ2v) is 5.46. The summed E-state index contributed by atoms with van der Waals surface area (Å²) >= 11 is 0. The van der Waals surface area contributed by atoms with Gasteiger partial charge in [0.15, 0.2) is 0 Å². The van der Waals surface area contributed by atoms with E-state index >= 15 is 0 Å².